The first-order chi connectivity index (χ1) is 15.4. The van der Waals surface area contributed by atoms with Gasteiger partial charge in [-0.05, 0) is 50.1 Å². The number of aromatic amines is 1. The summed E-state index contributed by atoms with van der Waals surface area (Å²) in [5.74, 6) is -3.08. The number of hydrogen-bond donors (Lipinski definition) is 3. The van der Waals surface area contributed by atoms with Gasteiger partial charge in [-0.3, -0.25) is 4.79 Å². The van der Waals surface area contributed by atoms with Crippen LogP contribution >= 0.6 is 11.9 Å². The fraction of sp³-hybridized carbons (Fsp3) is 0.136. The Kier molecular flexibility index (Phi) is 6.04. The van der Waals surface area contributed by atoms with E-state index in [9.17, 15) is 13.6 Å². The lowest BCUT2D eigenvalue weighted by molar-refractivity contribution is 0.103. The molecule has 6 nitrogen and oxygen atoms in total. The second-order valence-corrected chi connectivity index (χ2v) is 8.04. The van der Waals surface area contributed by atoms with E-state index in [2.05, 4.69) is 25.0 Å². The number of halogens is 3. The molecule has 2 aromatic carbocycles. The maximum Gasteiger partial charge on any atom is 0.201 e. The molecule has 0 aliphatic carbocycles. The van der Waals surface area contributed by atoms with Gasteiger partial charge >= 0.3 is 0 Å². The second kappa shape index (κ2) is 8.91. The molecule has 0 fully saturated rings. The number of benzene rings is 2. The van der Waals surface area contributed by atoms with Crippen molar-refractivity contribution in [1.29, 1.82) is 0 Å². The van der Waals surface area contributed by atoms with Crippen molar-refractivity contribution in [2.24, 2.45) is 0 Å². The van der Waals surface area contributed by atoms with Crippen molar-refractivity contribution in [3.63, 3.8) is 0 Å². The fourth-order valence-electron chi connectivity index (χ4n) is 3.14. The van der Waals surface area contributed by atoms with Gasteiger partial charge in [0.2, 0.25) is 5.78 Å². The van der Waals surface area contributed by atoms with Crippen molar-refractivity contribution in [3.8, 4) is 0 Å². The van der Waals surface area contributed by atoms with Crippen molar-refractivity contribution in [1.82, 2.24) is 15.0 Å². The molecule has 0 unspecified atom stereocenters. The highest BCUT2D eigenvalue weighted by Crippen LogP contribution is 2.31. The van der Waals surface area contributed by atoms with Crippen LogP contribution < -0.4 is 10.0 Å². The predicted octanol–water partition coefficient (Wildman–Crippen LogP) is 5.55. The molecule has 0 amide bonds. The number of aromatic nitrogens is 3. The Morgan fingerprint density at radius 1 is 1.06 bits per heavy atom. The van der Waals surface area contributed by atoms with E-state index >= 15 is 4.39 Å². The van der Waals surface area contributed by atoms with Crippen LogP contribution in [0.25, 0.3) is 11.0 Å². The second-order valence-electron chi connectivity index (χ2n) is 7.19. The molecule has 2 aromatic heterocycles. The summed E-state index contributed by atoms with van der Waals surface area (Å²) < 4.78 is 46.3. The van der Waals surface area contributed by atoms with Crippen LogP contribution in [0.5, 0.6) is 0 Å². The molecule has 164 valence electrons. The number of nitrogens with zero attached hydrogens (tertiary/aromatic N) is 2. The first-order valence-corrected chi connectivity index (χ1v) is 10.5. The average Bonchev–Trinajstić information content (AvgIpc) is 3.19. The number of hydrogen-bond acceptors (Lipinski definition) is 6. The van der Waals surface area contributed by atoms with Crippen LogP contribution in [-0.2, 0) is 0 Å². The van der Waals surface area contributed by atoms with Gasteiger partial charge in [0.25, 0.3) is 0 Å². The summed E-state index contributed by atoms with van der Waals surface area (Å²) >= 11 is 0.815. The lowest BCUT2D eigenvalue weighted by Gasteiger charge is -2.12. The quantitative estimate of drug-likeness (QED) is 0.250. The maximum absolute atomic E-state index is 15.2. The highest BCUT2D eigenvalue weighted by Gasteiger charge is 2.26. The van der Waals surface area contributed by atoms with E-state index in [0.29, 0.717) is 16.9 Å². The summed E-state index contributed by atoms with van der Waals surface area (Å²) in [6.45, 7) is 3.79. The van der Waals surface area contributed by atoms with Gasteiger partial charge in [0.05, 0.1) is 27.1 Å². The van der Waals surface area contributed by atoms with Crippen molar-refractivity contribution < 1.29 is 18.0 Å². The average molecular weight is 457 g/mol. The molecule has 2 heterocycles. The van der Waals surface area contributed by atoms with Crippen LogP contribution in [0.1, 0.15) is 29.8 Å². The summed E-state index contributed by atoms with van der Waals surface area (Å²) in [4.78, 5) is 24.5. The van der Waals surface area contributed by atoms with E-state index in [1.165, 1.54) is 30.7 Å². The molecule has 0 atom stereocenters. The van der Waals surface area contributed by atoms with Gasteiger partial charge in [0.15, 0.2) is 5.82 Å². The predicted molar refractivity (Wildman–Crippen MR) is 118 cm³/mol. The molecule has 0 saturated carbocycles. The highest BCUT2D eigenvalue weighted by molar-refractivity contribution is 8.00. The number of fused-ring (bicyclic) bond motifs is 1. The van der Waals surface area contributed by atoms with Gasteiger partial charge in [-0.15, -0.1) is 0 Å². The normalized spacial score (nSPS) is 11.2. The first kappa shape index (κ1) is 21.7. The zero-order chi connectivity index (χ0) is 22.8. The lowest BCUT2D eigenvalue weighted by atomic mass is 10.0. The van der Waals surface area contributed by atoms with E-state index < -0.39 is 28.8 Å². The Balaban J connectivity index is 1.72. The van der Waals surface area contributed by atoms with Gasteiger partial charge < -0.3 is 15.0 Å². The number of anilines is 2. The van der Waals surface area contributed by atoms with E-state index in [-0.39, 0.29) is 22.2 Å². The Morgan fingerprint density at radius 3 is 2.59 bits per heavy atom. The number of carbonyl (C=O) groups excluding carboxylic acids is 1. The number of carbonyl (C=O) groups is 1. The zero-order valence-corrected chi connectivity index (χ0v) is 17.9. The minimum atomic E-state index is -1.08. The van der Waals surface area contributed by atoms with Crippen molar-refractivity contribution in [3.05, 3.63) is 77.5 Å². The molecule has 3 N–H and O–H groups in total. The van der Waals surface area contributed by atoms with E-state index in [4.69, 9.17) is 0 Å². The molecule has 0 aliphatic rings. The molecule has 32 heavy (non-hydrogen) atoms. The smallest absolute Gasteiger partial charge is 0.201 e. The van der Waals surface area contributed by atoms with E-state index in [1.54, 1.807) is 6.07 Å². The van der Waals surface area contributed by atoms with Crippen molar-refractivity contribution in [2.75, 3.05) is 10.0 Å². The van der Waals surface area contributed by atoms with Crippen LogP contribution in [0.4, 0.5) is 24.7 Å². The monoisotopic (exact) mass is 457 g/mol. The molecule has 0 bridgehead atoms. The van der Waals surface area contributed by atoms with Crippen LogP contribution in [0, 0.1) is 17.5 Å². The zero-order valence-electron chi connectivity index (χ0n) is 17.0. The van der Waals surface area contributed by atoms with E-state index in [1.807, 2.05) is 13.8 Å². The molecule has 0 spiro atoms. The van der Waals surface area contributed by atoms with Gasteiger partial charge in [0.1, 0.15) is 29.4 Å². The molecule has 4 rings (SSSR count). The number of ketones is 1. The molecule has 0 radical (unpaired) electrons. The summed E-state index contributed by atoms with van der Waals surface area (Å²) in [6, 6.07) is 8.07. The standard InChI is InChI=1S/C22H18F3N5OS/c1-11(2)29-22-17-12(9-26-21(17)27-10-28-22)20(31)18-14(24)7-8-15(19(18)25)30-32-16-6-4-3-5-13(16)23/h3-11,30H,1-2H3,(H2,26,27,28,29). The van der Waals surface area contributed by atoms with Crippen LogP contribution in [0.15, 0.2) is 53.8 Å². The molecule has 4 aromatic rings. The lowest BCUT2D eigenvalue weighted by Crippen LogP contribution is -2.13. The Labute approximate surface area is 185 Å². The summed E-state index contributed by atoms with van der Waals surface area (Å²) in [5.41, 5.74) is -0.499. The molecular formula is C22H18F3N5OS. The first-order valence-electron chi connectivity index (χ1n) is 9.65. The Bertz CT molecular complexity index is 1310. The van der Waals surface area contributed by atoms with Crippen LogP contribution in [0.3, 0.4) is 0 Å². The minimum Gasteiger partial charge on any atom is -0.367 e. The van der Waals surface area contributed by atoms with Gasteiger partial charge in [-0.2, -0.15) is 0 Å². The molecular weight excluding hydrogens is 439 g/mol. The Morgan fingerprint density at radius 2 is 1.84 bits per heavy atom. The van der Waals surface area contributed by atoms with Crippen molar-refractivity contribution in [2.45, 2.75) is 24.8 Å². The van der Waals surface area contributed by atoms with Crippen LogP contribution in [0.2, 0.25) is 0 Å². The Hall–Kier alpha value is -3.53. The third-order valence-electron chi connectivity index (χ3n) is 4.57. The molecule has 0 aliphatic heterocycles. The summed E-state index contributed by atoms with van der Waals surface area (Å²) in [5, 5.41) is 3.44. The SMILES string of the molecule is CC(C)Nc1ncnc2[nH]cc(C(=O)c3c(F)ccc(NSc4ccccc4F)c3F)c12. The van der Waals surface area contributed by atoms with Crippen LogP contribution in [-0.4, -0.2) is 26.8 Å². The third kappa shape index (κ3) is 4.13. The fourth-order valence-corrected chi connectivity index (χ4v) is 3.83. The van der Waals surface area contributed by atoms with Gasteiger partial charge in [-0.1, -0.05) is 12.1 Å². The molecule has 0 saturated heterocycles. The minimum absolute atomic E-state index is 0.00218. The van der Waals surface area contributed by atoms with Gasteiger partial charge in [0, 0.05) is 12.2 Å². The summed E-state index contributed by atoms with van der Waals surface area (Å²) in [7, 11) is 0. The third-order valence-corrected chi connectivity index (χ3v) is 5.44. The highest BCUT2D eigenvalue weighted by atomic mass is 32.2. The topological polar surface area (TPSA) is 82.7 Å². The number of H-pyrrole nitrogens is 1. The number of rotatable bonds is 7. The van der Waals surface area contributed by atoms with E-state index in [0.717, 1.165) is 24.1 Å². The number of nitrogens with one attached hydrogen (secondary N) is 3. The summed E-state index contributed by atoms with van der Waals surface area (Å²) in [6.07, 6.45) is 2.67. The maximum atomic E-state index is 15.2. The molecule has 10 heteroatoms. The van der Waals surface area contributed by atoms with Gasteiger partial charge in [-0.25, -0.2) is 23.1 Å². The largest absolute Gasteiger partial charge is 0.367 e. The van der Waals surface area contributed by atoms with Crippen molar-refractivity contribution >= 4 is 40.3 Å².